The molecule has 1 aliphatic rings. The first-order chi connectivity index (χ1) is 14.6. The predicted molar refractivity (Wildman–Crippen MR) is 121 cm³/mol. The van der Waals surface area contributed by atoms with E-state index in [2.05, 4.69) is 30.3 Å². The molecule has 2 aromatic heterocycles. The van der Waals surface area contributed by atoms with Gasteiger partial charge in [0.05, 0.1) is 25.8 Å². The molecule has 6 nitrogen and oxygen atoms in total. The summed E-state index contributed by atoms with van der Waals surface area (Å²) in [6, 6.07) is 5.19. The van der Waals surface area contributed by atoms with Crippen LogP contribution in [-0.2, 0) is 26.5 Å². The number of ether oxygens (including phenoxy) is 1. The molecule has 3 aromatic rings. The van der Waals surface area contributed by atoms with E-state index in [9.17, 15) is 8.42 Å². The van der Waals surface area contributed by atoms with Crippen LogP contribution in [0.1, 0.15) is 45.0 Å². The number of pyridine rings is 1. The molecule has 1 aromatic carbocycles. The van der Waals surface area contributed by atoms with Gasteiger partial charge in [-0.1, -0.05) is 32.4 Å². The van der Waals surface area contributed by atoms with Crippen molar-refractivity contribution < 1.29 is 13.2 Å². The fraction of sp³-hybridized carbons (Fsp3) is 0.478. The van der Waals surface area contributed by atoms with Crippen molar-refractivity contribution in [2.24, 2.45) is 5.92 Å². The average Bonchev–Trinajstić information content (AvgIpc) is 3.07. The van der Waals surface area contributed by atoms with Crippen molar-refractivity contribution in [2.75, 3.05) is 13.2 Å². The van der Waals surface area contributed by atoms with Gasteiger partial charge in [0.15, 0.2) is 0 Å². The minimum absolute atomic E-state index is 0.0983. The molecule has 0 N–H and O–H groups in total. The van der Waals surface area contributed by atoms with Gasteiger partial charge in [0.2, 0.25) is 9.84 Å². The standard InChI is InChI=1S/C23H28ClN3O3S/c1-15-12-25-13-18(24)21(15)31(28,29)17-5-6-20-19(11-17)26-22(23(2,3)4)27(20)14-16-7-9-30-10-8-16/h5-6,11-13,16H,7-10,14H2,1-4H3. The van der Waals surface area contributed by atoms with Crippen LogP contribution >= 0.6 is 11.6 Å². The predicted octanol–water partition coefficient (Wildman–Crippen LogP) is 4.95. The molecule has 1 aliphatic heterocycles. The number of sulfone groups is 1. The number of halogens is 1. The number of hydrogen-bond donors (Lipinski definition) is 0. The molecule has 1 fully saturated rings. The van der Waals surface area contributed by atoms with Gasteiger partial charge in [0, 0.05) is 37.6 Å². The number of hydrogen-bond acceptors (Lipinski definition) is 5. The van der Waals surface area contributed by atoms with E-state index >= 15 is 0 Å². The molecule has 0 atom stereocenters. The summed E-state index contributed by atoms with van der Waals surface area (Å²) >= 11 is 6.21. The average molecular weight is 462 g/mol. The summed E-state index contributed by atoms with van der Waals surface area (Å²) in [5, 5.41) is 0.125. The molecule has 31 heavy (non-hydrogen) atoms. The third-order valence-electron chi connectivity index (χ3n) is 5.78. The van der Waals surface area contributed by atoms with Gasteiger partial charge in [-0.3, -0.25) is 4.98 Å². The zero-order valence-corrected chi connectivity index (χ0v) is 19.9. The Kier molecular flexibility index (Phi) is 5.87. The molecule has 0 radical (unpaired) electrons. The zero-order valence-electron chi connectivity index (χ0n) is 18.4. The Morgan fingerprint density at radius 1 is 1.19 bits per heavy atom. The highest BCUT2D eigenvalue weighted by atomic mass is 35.5. The summed E-state index contributed by atoms with van der Waals surface area (Å²) in [5.41, 5.74) is 1.98. The van der Waals surface area contributed by atoms with Crippen molar-refractivity contribution in [3.63, 3.8) is 0 Å². The van der Waals surface area contributed by atoms with E-state index in [4.69, 9.17) is 21.3 Å². The Balaban J connectivity index is 1.83. The fourth-order valence-corrected chi connectivity index (χ4v) is 6.25. The maximum atomic E-state index is 13.4. The van der Waals surface area contributed by atoms with Crippen LogP contribution in [0.2, 0.25) is 5.02 Å². The van der Waals surface area contributed by atoms with E-state index in [1.807, 2.05) is 6.07 Å². The van der Waals surface area contributed by atoms with Gasteiger partial charge >= 0.3 is 0 Å². The zero-order chi connectivity index (χ0) is 22.4. The van der Waals surface area contributed by atoms with Crippen molar-refractivity contribution in [1.29, 1.82) is 0 Å². The van der Waals surface area contributed by atoms with Crippen molar-refractivity contribution in [3.8, 4) is 0 Å². The van der Waals surface area contributed by atoms with Crippen LogP contribution in [0.25, 0.3) is 11.0 Å². The van der Waals surface area contributed by atoms with E-state index in [0.717, 1.165) is 43.9 Å². The smallest absolute Gasteiger partial charge is 0.208 e. The second-order valence-corrected chi connectivity index (χ2v) is 11.6. The molecule has 0 amide bonds. The molecule has 0 aliphatic carbocycles. The molecule has 1 saturated heterocycles. The third kappa shape index (κ3) is 4.23. The normalized spacial score (nSPS) is 16.2. The molecule has 0 bridgehead atoms. The lowest BCUT2D eigenvalue weighted by atomic mass is 9.94. The Bertz CT molecular complexity index is 1200. The Labute approximate surface area is 188 Å². The molecule has 0 spiro atoms. The van der Waals surface area contributed by atoms with Gasteiger partial charge in [-0.05, 0) is 49.4 Å². The first kappa shape index (κ1) is 22.2. The summed E-state index contributed by atoms with van der Waals surface area (Å²) in [6.07, 6.45) is 4.92. The number of fused-ring (bicyclic) bond motifs is 1. The number of nitrogens with zero attached hydrogens (tertiary/aromatic N) is 3. The molecule has 0 saturated carbocycles. The molecule has 166 valence electrons. The lowest BCUT2D eigenvalue weighted by Gasteiger charge is -2.26. The van der Waals surface area contributed by atoms with E-state index < -0.39 is 9.84 Å². The summed E-state index contributed by atoms with van der Waals surface area (Å²) in [6.45, 7) is 10.5. The summed E-state index contributed by atoms with van der Waals surface area (Å²) in [7, 11) is -3.80. The van der Waals surface area contributed by atoms with Crippen LogP contribution in [0.4, 0.5) is 0 Å². The Hall–Kier alpha value is -1.96. The molecule has 8 heteroatoms. The number of aryl methyl sites for hydroxylation is 1. The van der Waals surface area contributed by atoms with Crippen molar-refractivity contribution >= 4 is 32.5 Å². The second-order valence-electron chi connectivity index (χ2n) is 9.27. The molecular formula is C23H28ClN3O3S. The number of imidazole rings is 1. The highest BCUT2D eigenvalue weighted by molar-refractivity contribution is 7.91. The Morgan fingerprint density at radius 3 is 2.55 bits per heavy atom. The van der Waals surface area contributed by atoms with Crippen LogP contribution < -0.4 is 0 Å². The topological polar surface area (TPSA) is 74.1 Å². The number of rotatable bonds is 4. The Morgan fingerprint density at radius 2 is 1.90 bits per heavy atom. The highest BCUT2D eigenvalue weighted by Crippen LogP contribution is 2.33. The second kappa shape index (κ2) is 8.19. The van der Waals surface area contributed by atoms with Crippen LogP contribution in [-0.4, -0.2) is 36.2 Å². The van der Waals surface area contributed by atoms with Crippen molar-refractivity contribution in [3.05, 3.63) is 47.0 Å². The van der Waals surface area contributed by atoms with E-state index in [1.54, 1.807) is 19.1 Å². The number of benzene rings is 1. The first-order valence-corrected chi connectivity index (χ1v) is 12.4. The minimum atomic E-state index is -3.80. The lowest BCUT2D eigenvalue weighted by Crippen LogP contribution is -2.25. The summed E-state index contributed by atoms with van der Waals surface area (Å²) in [4.78, 5) is 9.15. The summed E-state index contributed by atoms with van der Waals surface area (Å²) in [5.74, 6) is 1.48. The maximum absolute atomic E-state index is 13.4. The first-order valence-electron chi connectivity index (χ1n) is 10.5. The maximum Gasteiger partial charge on any atom is 0.208 e. The van der Waals surface area contributed by atoms with Gasteiger partial charge in [-0.15, -0.1) is 0 Å². The molecule has 3 heterocycles. The highest BCUT2D eigenvalue weighted by Gasteiger charge is 2.28. The van der Waals surface area contributed by atoms with E-state index in [0.29, 0.717) is 17.0 Å². The van der Waals surface area contributed by atoms with Crippen LogP contribution in [0.15, 0.2) is 40.4 Å². The van der Waals surface area contributed by atoms with E-state index in [-0.39, 0.29) is 20.2 Å². The molecule has 4 rings (SSSR count). The summed E-state index contributed by atoms with van der Waals surface area (Å²) < 4.78 is 34.5. The van der Waals surface area contributed by atoms with Gasteiger partial charge < -0.3 is 9.30 Å². The third-order valence-corrected chi connectivity index (χ3v) is 8.13. The van der Waals surface area contributed by atoms with Gasteiger partial charge in [0.1, 0.15) is 5.82 Å². The fourth-order valence-electron chi connectivity index (χ4n) is 4.20. The van der Waals surface area contributed by atoms with Crippen LogP contribution in [0.3, 0.4) is 0 Å². The SMILES string of the molecule is Cc1cncc(Cl)c1S(=O)(=O)c1ccc2c(c1)nc(C(C)(C)C)n2CC1CCOCC1. The van der Waals surface area contributed by atoms with Crippen molar-refractivity contribution in [2.45, 2.75) is 62.3 Å². The monoisotopic (exact) mass is 461 g/mol. The number of aromatic nitrogens is 3. The quantitative estimate of drug-likeness (QED) is 0.549. The van der Waals surface area contributed by atoms with E-state index in [1.165, 1.54) is 12.4 Å². The van der Waals surface area contributed by atoms with Crippen LogP contribution in [0, 0.1) is 12.8 Å². The minimum Gasteiger partial charge on any atom is -0.381 e. The lowest BCUT2D eigenvalue weighted by molar-refractivity contribution is 0.0611. The molecular weight excluding hydrogens is 434 g/mol. The van der Waals surface area contributed by atoms with Gasteiger partial charge in [-0.2, -0.15) is 0 Å². The van der Waals surface area contributed by atoms with Gasteiger partial charge in [-0.25, -0.2) is 13.4 Å². The van der Waals surface area contributed by atoms with Crippen molar-refractivity contribution in [1.82, 2.24) is 14.5 Å². The van der Waals surface area contributed by atoms with Gasteiger partial charge in [0.25, 0.3) is 0 Å². The largest absolute Gasteiger partial charge is 0.381 e. The van der Waals surface area contributed by atoms with Crippen LogP contribution in [0.5, 0.6) is 0 Å². The molecule has 0 unspecified atom stereocenters.